The van der Waals surface area contributed by atoms with Crippen LogP contribution in [0, 0.1) is 0 Å². The summed E-state index contributed by atoms with van der Waals surface area (Å²) in [7, 11) is 1.54. The Morgan fingerprint density at radius 1 is 1.36 bits per heavy atom. The summed E-state index contributed by atoms with van der Waals surface area (Å²) >= 11 is 0. The predicted molar refractivity (Wildman–Crippen MR) is 76.9 cm³/mol. The first-order valence-electron chi connectivity index (χ1n) is 6.50. The molecule has 8 heteroatoms. The van der Waals surface area contributed by atoms with Crippen molar-refractivity contribution in [2.45, 2.75) is 6.54 Å². The normalized spacial score (nSPS) is 10.8. The van der Waals surface area contributed by atoms with Crippen molar-refractivity contribution in [3.63, 3.8) is 0 Å². The molecule has 3 aromatic rings. The molecular formula is C14H13N5O3. The highest BCUT2D eigenvalue weighted by molar-refractivity contribution is 6.05. The van der Waals surface area contributed by atoms with Gasteiger partial charge in [0.2, 0.25) is 5.89 Å². The maximum atomic E-state index is 12.1. The minimum absolute atomic E-state index is 0.0510. The van der Waals surface area contributed by atoms with E-state index in [9.17, 15) is 9.59 Å². The Morgan fingerprint density at radius 3 is 2.86 bits per heavy atom. The van der Waals surface area contributed by atoms with Gasteiger partial charge in [0.25, 0.3) is 11.8 Å². The molecule has 0 aliphatic heterocycles. The zero-order valence-electron chi connectivity index (χ0n) is 11.7. The van der Waals surface area contributed by atoms with Gasteiger partial charge < -0.3 is 15.5 Å². The summed E-state index contributed by atoms with van der Waals surface area (Å²) in [6, 6.07) is 7.29. The van der Waals surface area contributed by atoms with E-state index in [1.807, 2.05) is 18.2 Å². The summed E-state index contributed by atoms with van der Waals surface area (Å²) in [5.41, 5.74) is 6.77. The van der Waals surface area contributed by atoms with Gasteiger partial charge in [0.1, 0.15) is 11.2 Å². The van der Waals surface area contributed by atoms with Gasteiger partial charge in [-0.05, 0) is 12.1 Å². The standard InChI is InChI=1S/C14H13N5O3/c1-19-12(13(15)20)8(6-17-19)14(21)16-7-11-18-9-4-2-3-5-10(9)22-11/h2-6H,7H2,1H3,(H2,15,20)(H,16,21). The van der Waals surface area contributed by atoms with Crippen molar-refractivity contribution >= 4 is 22.9 Å². The molecule has 22 heavy (non-hydrogen) atoms. The van der Waals surface area contributed by atoms with Crippen LogP contribution in [0.3, 0.4) is 0 Å². The number of amides is 2. The third kappa shape index (κ3) is 2.41. The molecule has 3 N–H and O–H groups in total. The molecule has 2 amide bonds. The van der Waals surface area contributed by atoms with E-state index in [0.717, 1.165) is 0 Å². The van der Waals surface area contributed by atoms with Crippen LogP contribution in [0.4, 0.5) is 0 Å². The van der Waals surface area contributed by atoms with E-state index in [4.69, 9.17) is 10.2 Å². The Labute approximate surface area is 124 Å². The lowest BCUT2D eigenvalue weighted by atomic mass is 10.2. The average molecular weight is 299 g/mol. The fourth-order valence-corrected chi connectivity index (χ4v) is 2.14. The maximum Gasteiger partial charge on any atom is 0.267 e. The largest absolute Gasteiger partial charge is 0.439 e. The first kappa shape index (κ1) is 13.8. The number of benzene rings is 1. The molecule has 2 aromatic heterocycles. The number of hydrogen-bond donors (Lipinski definition) is 2. The van der Waals surface area contributed by atoms with Crippen molar-refractivity contribution in [2.75, 3.05) is 0 Å². The number of hydrogen-bond acceptors (Lipinski definition) is 5. The number of primary amides is 1. The summed E-state index contributed by atoms with van der Waals surface area (Å²) in [4.78, 5) is 27.7. The highest BCUT2D eigenvalue weighted by Crippen LogP contribution is 2.14. The van der Waals surface area contributed by atoms with Crippen LogP contribution in [-0.4, -0.2) is 26.6 Å². The number of para-hydroxylation sites is 2. The molecule has 0 aliphatic rings. The van der Waals surface area contributed by atoms with Crippen molar-refractivity contribution in [1.29, 1.82) is 0 Å². The zero-order valence-corrected chi connectivity index (χ0v) is 11.7. The molecule has 0 unspecified atom stereocenters. The highest BCUT2D eigenvalue weighted by Gasteiger charge is 2.20. The quantitative estimate of drug-likeness (QED) is 0.731. The number of rotatable bonds is 4. The zero-order chi connectivity index (χ0) is 15.7. The van der Waals surface area contributed by atoms with Gasteiger partial charge in [-0.25, -0.2) is 4.98 Å². The number of oxazole rings is 1. The molecule has 3 rings (SSSR count). The molecule has 8 nitrogen and oxygen atoms in total. The van der Waals surface area contributed by atoms with Gasteiger partial charge >= 0.3 is 0 Å². The lowest BCUT2D eigenvalue weighted by Gasteiger charge is -2.03. The lowest BCUT2D eigenvalue weighted by molar-refractivity contribution is 0.0929. The molecular weight excluding hydrogens is 286 g/mol. The first-order chi connectivity index (χ1) is 10.6. The first-order valence-corrected chi connectivity index (χ1v) is 6.50. The van der Waals surface area contributed by atoms with Crippen LogP contribution in [-0.2, 0) is 13.6 Å². The van der Waals surface area contributed by atoms with E-state index in [1.54, 1.807) is 6.07 Å². The number of nitrogens with zero attached hydrogens (tertiary/aromatic N) is 3. The topological polar surface area (TPSA) is 116 Å². The molecule has 1 aromatic carbocycles. The number of nitrogens with one attached hydrogen (secondary N) is 1. The van der Waals surface area contributed by atoms with Crippen LogP contribution in [0.15, 0.2) is 34.9 Å². The Morgan fingerprint density at radius 2 is 2.14 bits per heavy atom. The maximum absolute atomic E-state index is 12.1. The summed E-state index contributed by atoms with van der Waals surface area (Å²) in [6.45, 7) is 0.0978. The molecule has 0 radical (unpaired) electrons. The third-order valence-electron chi connectivity index (χ3n) is 3.16. The van der Waals surface area contributed by atoms with Crippen molar-refractivity contribution in [3.05, 3.63) is 47.6 Å². The Balaban J connectivity index is 1.76. The van der Waals surface area contributed by atoms with Crippen molar-refractivity contribution in [2.24, 2.45) is 12.8 Å². The second-order valence-electron chi connectivity index (χ2n) is 4.65. The Hall–Kier alpha value is -3.16. The number of carbonyl (C=O) groups excluding carboxylic acids is 2. The highest BCUT2D eigenvalue weighted by atomic mass is 16.3. The van der Waals surface area contributed by atoms with Gasteiger partial charge in [0.15, 0.2) is 5.58 Å². The smallest absolute Gasteiger partial charge is 0.267 e. The minimum atomic E-state index is -0.716. The predicted octanol–water partition coefficient (Wildman–Crippen LogP) is 0.590. The molecule has 2 heterocycles. The van der Waals surface area contributed by atoms with Crippen LogP contribution < -0.4 is 11.1 Å². The summed E-state index contributed by atoms with van der Waals surface area (Å²) in [5.74, 6) is -0.810. The third-order valence-corrected chi connectivity index (χ3v) is 3.16. The number of nitrogens with two attached hydrogens (primary N) is 1. The second-order valence-corrected chi connectivity index (χ2v) is 4.65. The second kappa shape index (κ2) is 5.32. The van der Waals surface area contributed by atoms with E-state index in [-0.39, 0.29) is 17.8 Å². The molecule has 0 atom stereocenters. The summed E-state index contributed by atoms with van der Waals surface area (Å²) in [5, 5.41) is 6.49. The molecule has 0 aliphatic carbocycles. The number of carbonyl (C=O) groups is 2. The van der Waals surface area contributed by atoms with E-state index in [2.05, 4.69) is 15.4 Å². The minimum Gasteiger partial charge on any atom is -0.439 e. The molecule has 0 fully saturated rings. The van der Waals surface area contributed by atoms with Crippen LogP contribution in [0.2, 0.25) is 0 Å². The average Bonchev–Trinajstić information content (AvgIpc) is 3.07. The van der Waals surface area contributed by atoms with Gasteiger partial charge in [0, 0.05) is 7.05 Å². The number of aromatic nitrogens is 3. The monoisotopic (exact) mass is 299 g/mol. The molecule has 0 bridgehead atoms. The molecule has 112 valence electrons. The molecule has 0 spiro atoms. The SMILES string of the molecule is Cn1ncc(C(=O)NCc2nc3ccccc3o2)c1C(N)=O. The Kier molecular flexibility index (Phi) is 3.34. The fraction of sp³-hybridized carbons (Fsp3) is 0.143. The van der Waals surface area contributed by atoms with E-state index in [0.29, 0.717) is 17.0 Å². The van der Waals surface area contributed by atoms with Crippen LogP contribution in [0.25, 0.3) is 11.1 Å². The van der Waals surface area contributed by atoms with Gasteiger partial charge in [-0.15, -0.1) is 0 Å². The summed E-state index contributed by atoms with van der Waals surface area (Å²) in [6.07, 6.45) is 1.29. The number of aryl methyl sites for hydroxylation is 1. The molecule has 0 saturated heterocycles. The van der Waals surface area contributed by atoms with Gasteiger partial charge in [-0.3, -0.25) is 14.3 Å². The van der Waals surface area contributed by atoms with Crippen molar-refractivity contribution in [1.82, 2.24) is 20.1 Å². The summed E-state index contributed by atoms with van der Waals surface area (Å²) < 4.78 is 6.76. The van der Waals surface area contributed by atoms with Gasteiger partial charge in [-0.2, -0.15) is 5.10 Å². The van der Waals surface area contributed by atoms with Crippen LogP contribution >= 0.6 is 0 Å². The Bertz CT molecular complexity index is 831. The van der Waals surface area contributed by atoms with Gasteiger partial charge in [0.05, 0.1) is 18.3 Å². The van der Waals surface area contributed by atoms with Crippen molar-refractivity contribution < 1.29 is 14.0 Å². The van der Waals surface area contributed by atoms with Crippen LogP contribution in [0.1, 0.15) is 26.7 Å². The lowest BCUT2D eigenvalue weighted by Crippen LogP contribution is -2.27. The van der Waals surface area contributed by atoms with Gasteiger partial charge in [-0.1, -0.05) is 12.1 Å². The van der Waals surface area contributed by atoms with E-state index in [1.165, 1.54) is 17.9 Å². The van der Waals surface area contributed by atoms with E-state index >= 15 is 0 Å². The fourth-order valence-electron chi connectivity index (χ4n) is 2.14. The molecule has 0 saturated carbocycles. The van der Waals surface area contributed by atoms with E-state index < -0.39 is 11.8 Å². The van der Waals surface area contributed by atoms with Crippen LogP contribution in [0.5, 0.6) is 0 Å². The number of fused-ring (bicyclic) bond motifs is 1. The van der Waals surface area contributed by atoms with Crippen molar-refractivity contribution in [3.8, 4) is 0 Å².